The highest BCUT2D eigenvalue weighted by Crippen LogP contribution is 2.54. The zero-order chi connectivity index (χ0) is 27.0. The fourth-order valence-corrected chi connectivity index (χ4v) is 6.32. The van der Waals surface area contributed by atoms with Crippen LogP contribution in [0, 0.1) is 5.41 Å². The summed E-state index contributed by atoms with van der Waals surface area (Å²) in [5.41, 5.74) is 2.29. The Labute approximate surface area is 224 Å². The molecule has 4 aromatic rings. The second-order valence-electron chi connectivity index (χ2n) is 11.8. The van der Waals surface area contributed by atoms with Crippen molar-refractivity contribution >= 4 is 11.0 Å². The van der Waals surface area contributed by atoms with E-state index in [1.165, 1.54) is 18.9 Å². The van der Waals surface area contributed by atoms with Crippen LogP contribution in [0.3, 0.4) is 0 Å². The largest absolute Gasteiger partial charge is 0.418 e. The van der Waals surface area contributed by atoms with Crippen molar-refractivity contribution in [3.63, 3.8) is 0 Å². The van der Waals surface area contributed by atoms with Crippen molar-refractivity contribution < 1.29 is 17.9 Å². The minimum Gasteiger partial charge on any atom is -0.379 e. The van der Waals surface area contributed by atoms with E-state index in [1.54, 1.807) is 6.33 Å². The van der Waals surface area contributed by atoms with Gasteiger partial charge in [-0.25, -0.2) is 4.98 Å². The van der Waals surface area contributed by atoms with Crippen LogP contribution < -0.4 is 0 Å². The van der Waals surface area contributed by atoms with Crippen LogP contribution in [0.5, 0.6) is 0 Å². The van der Waals surface area contributed by atoms with Crippen LogP contribution in [0.1, 0.15) is 54.7 Å². The molecule has 1 unspecified atom stereocenters. The lowest BCUT2D eigenvalue weighted by Crippen LogP contribution is -2.49. The van der Waals surface area contributed by atoms with E-state index < -0.39 is 11.7 Å². The average molecular weight is 537 g/mol. The molecule has 1 N–H and O–H groups in total. The van der Waals surface area contributed by atoms with Crippen molar-refractivity contribution in [3.05, 3.63) is 65.2 Å². The Balaban J connectivity index is 1.25. The normalized spacial score (nSPS) is 20.9. The maximum Gasteiger partial charge on any atom is 0.418 e. The molecule has 2 aliphatic heterocycles. The maximum atomic E-state index is 14.3. The van der Waals surface area contributed by atoms with Gasteiger partial charge >= 0.3 is 6.18 Å². The number of rotatable bonds is 6. The highest BCUT2D eigenvalue weighted by atomic mass is 19.4. The second kappa shape index (κ2) is 8.63. The standard InChI is InChI=1S/C29H31F3N6O/c1-18(38-9-8-27(14-38)6-7-27)20-11-22(29(30,31)32)25-23(12-20)34-26(35-25)19-4-3-5-21(10-19)28(15-39-16-28)13-24-36-33-17-37(24)2/h3-5,10-12,17-18H,6-9,13-16H2,1-2H3,(H,34,35). The average Bonchev–Trinajstić information content (AvgIpc) is 3.19. The number of likely N-dealkylation sites (tertiary alicyclic amines) is 1. The maximum absolute atomic E-state index is 14.3. The number of nitrogens with one attached hydrogen (secondary N) is 1. The first-order valence-electron chi connectivity index (χ1n) is 13.5. The third-order valence-electron chi connectivity index (χ3n) is 9.18. The lowest BCUT2D eigenvalue weighted by Gasteiger charge is -2.41. The predicted octanol–water partition coefficient (Wildman–Crippen LogP) is 5.43. The van der Waals surface area contributed by atoms with Crippen molar-refractivity contribution in [1.29, 1.82) is 0 Å². The molecule has 1 atom stereocenters. The molecule has 3 aliphatic rings. The van der Waals surface area contributed by atoms with Crippen LogP contribution in [-0.2, 0) is 29.8 Å². The molecule has 2 saturated heterocycles. The molecule has 39 heavy (non-hydrogen) atoms. The van der Waals surface area contributed by atoms with Gasteiger partial charge in [0.05, 0.1) is 29.8 Å². The number of imidazole rings is 1. The number of aromatic amines is 1. The molecule has 1 saturated carbocycles. The quantitative estimate of drug-likeness (QED) is 0.356. The van der Waals surface area contributed by atoms with Crippen LogP contribution in [0.15, 0.2) is 42.7 Å². The van der Waals surface area contributed by atoms with Crippen molar-refractivity contribution in [2.45, 2.75) is 50.2 Å². The fraction of sp³-hybridized carbons (Fsp3) is 0.483. The summed E-state index contributed by atoms with van der Waals surface area (Å²) in [6.07, 6.45) is 1.44. The molecule has 1 aliphatic carbocycles. The van der Waals surface area contributed by atoms with E-state index in [4.69, 9.17) is 9.72 Å². The minimum atomic E-state index is -4.49. The highest BCUT2D eigenvalue weighted by molar-refractivity contribution is 5.84. The van der Waals surface area contributed by atoms with Crippen LogP contribution in [-0.4, -0.2) is 55.9 Å². The molecule has 7 rings (SSSR count). The molecule has 2 aromatic heterocycles. The first-order valence-corrected chi connectivity index (χ1v) is 13.5. The van der Waals surface area contributed by atoms with Crippen molar-refractivity contribution in [3.8, 4) is 11.4 Å². The summed E-state index contributed by atoms with van der Waals surface area (Å²) in [6, 6.07) is 10.9. The van der Waals surface area contributed by atoms with Gasteiger partial charge in [0.2, 0.25) is 0 Å². The van der Waals surface area contributed by atoms with Crippen molar-refractivity contribution in [2.24, 2.45) is 12.5 Å². The van der Waals surface area contributed by atoms with Crippen molar-refractivity contribution in [2.75, 3.05) is 26.3 Å². The van der Waals surface area contributed by atoms with Gasteiger partial charge in [0.25, 0.3) is 0 Å². The van der Waals surface area contributed by atoms with Gasteiger partial charge in [-0.05, 0) is 67.5 Å². The van der Waals surface area contributed by atoms with Gasteiger partial charge < -0.3 is 14.3 Å². The predicted molar refractivity (Wildman–Crippen MR) is 140 cm³/mol. The molecule has 0 radical (unpaired) electrons. The second-order valence-corrected chi connectivity index (χ2v) is 11.8. The third-order valence-corrected chi connectivity index (χ3v) is 9.18. The van der Waals surface area contributed by atoms with Gasteiger partial charge in [-0.2, -0.15) is 13.2 Å². The topological polar surface area (TPSA) is 71.9 Å². The molecular formula is C29H31F3N6O. The lowest BCUT2D eigenvalue weighted by atomic mass is 9.75. The number of benzene rings is 2. The smallest absolute Gasteiger partial charge is 0.379 e. The molecule has 3 fully saturated rings. The number of H-pyrrole nitrogens is 1. The van der Waals surface area contributed by atoms with Crippen LogP contribution >= 0.6 is 0 Å². The molecule has 1 spiro atoms. The Morgan fingerprint density at radius 1 is 1.13 bits per heavy atom. The minimum absolute atomic E-state index is 0.0275. The Morgan fingerprint density at radius 3 is 2.59 bits per heavy atom. The van der Waals surface area contributed by atoms with E-state index in [0.29, 0.717) is 42.0 Å². The summed E-state index contributed by atoms with van der Waals surface area (Å²) in [5.74, 6) is 1.28. The Kier molecular flexibility index (Phi) is 5.48. The molecule has 7 nitrogen and oxygen atoms in total. The summed E-state index contributed by atoms with van der Waals surface area (Å²) in [5, 5.41) is 8.23. The number of hydrogen-bond acceptors (Lipinski definition) is 5. The Bertz CT molecular complexity index is 1550. The van der Waals surface area contributed by atoms with Gasteiger partial charge in [-0.15, -0.1) is 10.2 Å². The number of hydrogen-bond donors (Lipinski definition) is 1. The fourth-order valence-electron chi connectivity index (χ4n) is 6.32. The van der Waals surface area contributed by atoms with Gasteiger partial charge in [0.1, 0.15) is 18.0 Å². The molecule has 2 aromatic carbocycles. The van der Waals surface area contributed by atoms with Gasteiger partial charge in [0.15, 0.2) is 0 Å². The number of nitrogens with zero attached hydrogens (tertiary/aromatic N) is 5. The van der Waals surface area contributed by atoms with Gasteiger partial charge in [0, 0.05) is 37.0 Å². The highest BCUT2D eigenvalue weighted by Gasteiger charge is 2.48. The number of ether oxygens (including phenoxy) is 1. The van der Waals surface area contributed by atoms with E-state index in [-0.39, 0.29) is 17.0 Å². The van der Waals surface area contributed by atoms with E-state index in [1.807, 2.05) is 48.9 Å². The first kappa shape index (κ1) is 24.8. The monoisotopic (exact) mass is 536 g/mol. The summed E-state index contributed by atoms with van der Waals surface area (Å²) in [7, 11) is 1.91. The molecule has 10 heteroatoms. The third kappa shape index (κ3) is 4.24. The molecule has 0 amide bonds. The van der Waals surface area contributed by atoms with E-state index in [2.05, 4.69) is 20.1 Å². The molecular weight excluding hydrogens is 505 g/mol. The van der Waals surface area contributed by atoms with E-state index in [0.717, 1.165) is 36.5 Å². The zero-order valence-electron chi connectivity index (χ0n) is 22.1. The van der Waals surface area contributed by atoms with Crippen LogP contribution in [0.25, 0.3) is 22.4 Å². The van der Waals surface area contributed by atoms with Crippen LogP contribution in [0.4, 0.5) is 13.2 Å². The summed E-state index contributed by atoms with van der Waals surface area (Å²) >= 11 is 0. The van der Waals surface area contributed by atoms with Gasteiger partial charge in [-0.1, -0.05) is 18.2 Å². The summed E-state index contributed by atoms with van der Waals surface area (Å²) in [4.78, 5) is 10.0. The van der Waals surface area contributed by atoms with E-state index >= 15 is 0 Å². The van der Waals surface area contributed by atoms with E-state index in [9.17, 15) is 13.2 Å². The Hall–Kier alpha value is -3.24. The lowest BCUT2D eigenvalue weighted by molar-refractivity contribution is -0.136. The summed E-state index contributed by atoms with van der Waals surface area (Å²) < 4.78 is 50.4. The molecule has 0 bridgehead atoms. The van der Waals surface area contributed by atoms with Crippen molar-refractivity contribution in [1.82, 2.24) is 29.6 Å². The van der Waals surface area contributed by atoms with Crippen LogP contribution in [0.2, 0.25) is 0 Å². The first-order chi connectivity index (χ1) is 18.6. The van der Waals surface area contributed by atoms with Gasteiger partial charge in [-0.3, -0.25) is 4.90 Å². The number of alkyl halides is 3. The number of aromatic nitrogens is 5. The zero-order valence-corrected chi connectivity index (χ0v) is 22.1. The summed E-state index contributed by atoms with van der Waals surface area (Å²) in [6.45, 7) is 4.99. The molecule has 4 heterocycles. The number of aryl methyl sites for hydroxylation is 1. The number of fused-ring (bicyclic) bond motifs is 1. The molecule has 204 valence electrons. The number of halogens is 3. The Morgan fingerprint density at radius 2 is 1.95 bits per heavy atom. The SMILES string of the molecule is CC(c1cc(C(F)(F)F)c2[nH]c(-c3cccc(C4(Cc5nncn5C)COC4)c3)nc2c1)N1CCC2(CC2)C1.